The highest BCUT2D eigenvalue weighted by Gasteiger charge is 2.22. The lowest BCUT2D eigenvalue weighted by Gasteiger charge is -2.11. The van der Waals surface area contributed by atoms with Gasteiger partial charge in [-0.05, 0) is 11.6 Å². The highest BCUT2D eigenvalue weighted by atomic mass is 35.5. The summed E-state index contributed by atoms with van der Waals surface area (Å²) in [4.78, 5) is 21.4. The molecule has 20 heavy (non-hydrogen) atoms. The van der Waals surface area contributed by atoms with E-state index in [4.69, 9.17) is 11.6 Å². The number of ether oxygens (including phenoxy) is 2. The van der Waals surface area contributed by atoms with Crippen molar-refractivity contribution >= 4 is 23.3 Å². The normalized spacial score (nSPS) is 10.4. The average molecular weight is 310 g/mol. The number of nitro groups is 1. The predicted molar refractivity (Wildman–Crippen MR) is 65.0 cm³/mol. The maximum Gasteiger partial charge on any atom is 0.387 e. The lowest BCUT2D eigenvalue weighted by molar-refractivity contribution is -0.385. The molecule has 0 aliphatic heterocycles. The molecule has 0 unspecified atom stereocenters. The van der Waals surface area contributed by atoms with E-state index in [-0.39, 0.29) is 23.4 Å². The molecule has 0 heterocycles. The lowest BCUT2D eigenvalue weighted by Crippen LogP contribution is -2.10. The first-order chi connectivity index (χ1) is 9.38. The quantitative estimate of drug-likeness (QED) is 0.349. The van der Waals surface area contributed by atoms with E-state index in [1.165, 1.54) is 0 Å². The van der Waals surface area contributed by atoms with Gasteiger partial charge >= 0.3 is 12.6 Å². The van der Waals surface area contributed by atoms with Gasteiger partial charge in [-0.25, -0.2) is 0 Å². The highest BCUT2D eigenvalue weighted by Crippen LogP contribution is 2.31. The van der Waals surface area contributed by atoms with E-state index in [2.05, 4.69) is 9.47 Å². The van der Waals surface area contributed by atoms with Gasteiger partial charge in [0.25, 0.3) is 5.69 Å². The Bertz CT molecular complexity index is 524. The van der Waals surface area contributed by atoms with Gasteiger partial charge in [-0.15, -0.1) is 11.6 Å². The molecule has 0 spiro atoms. The molecule has 110 valence electrons. The van der Waals surface area contributed by atoms with E-state index in [0.29, 0.717) is 0 Å². The third-order valence-electron chi connectivity index (χ3n) is 2.41. The lowest BCUT2D eigenvalue weighted by atomic mass is 10.0. The Labute approximate surface area is 117 Å². The first-order valence-corrected chi connectivity index (χ1v) is 5.80. The molecule has 9 heteroatoms. The molecule has 0 amide bonds. The smallest absolute Gasteiger partial charge is 0.387 e. The number of nitro benzene ring substituents is 1. The van der Waals surface area contributed by atoms with E-state index in [9.17, 15) is 23.7 Å². The van der Waals surface area contributed by atoms with Gasteiger partial charge in [-0.1, -0.05) is 0 Å². The number of carbonyl (C=O) groups is 1. The number of hydrogen-bond donors (Lipinski definition) is 0. The molecule has 0 aromatic heterocycles. The minimum Gasteiger partial charge on any atom is -0.469 e. The first-order valence-electron chi connectivity index (χ1n) is 5.26. The second-order valence-corrected chi connectivity index (χ2v) is 3.87. The van der Waals surface area contributed by atoms with Crippen LogP contribution in [0.15, 0.2) is 12.1 Å². The van der Waals surface area contributed by atoms with Crippen LogP contribution in [-0.4, -0.2) is 24.6 Å². The Balaban J connectivity index is 3.32. The minimum atomic E-state index is -3.14. The van der Waals surface area contributed by atoms with E-state index in [1.54, 1.807) is 0 Å². The van der Waals surface area contributed by atoms with Crippen LogP contribution in [0, 0.1) is 10.1 Å². The number of methoxy groups -OCH3 is 1. The van der Waals surface area contributed by atoms with Crippen LogP contribution in [0.3, 0.4) is 0 Å². The molecule has 0 aliphatic carbocycles. The number of alkyl halides is 3. The zero-order valence-electron chi connectivity index (χ0n) is 10.3. The SMILES string of the molecule is COC(=O)Cc1cc(OC(F)F)cc([N+](=O)[O-])c1CCl. The molecule has 0 saturated carbocycles. The molecule has 0 radical (unpaired) electrons. The summed E-state index contributed by atoms with van der Waals surface area (Å²) in [7, 11) is 1.14. The van der Waals surface area contributed by atoms with Crippen molar-refractivity contribution in [2.45, 2.75) is 18.9 Å². The van der Waals surface area contributed by atoms with Crippen molar-refractivity contribution in [2.75, 3.05) is 7.11 Å². The summed E-state index contributed by atoms with van der Waals surface area (Å²) >= 11 is 5.62. The van der Waals surface area contributed by atoms with Crippen molar-refractivity contribution in [1.82, 2.24) is 0 Å². The van der Waals surface area contributed by atoms with Crippen molar-refractivity contribution < 1.29 is 28.0 Å². The summed E-state index contributed by atoms with van der Waals surface area (Å²) in [5.74, 6) is -1.35. The molecule has 0 bridgehead atoms. The number of benzene rings is 1. The standard InChI is InChI=1S/C11H10ClF2NO5/c1-19-10(16)3-6-2-7(20-11(13)14)4-9(15(17)18)8(6)5-12/h2,4,11H,3,5H2,1H3. The van der Waals surface area contributed by atoms with Crippen LogP contribution in [0.2, 0.25) is 0 Å². The Hall–Kier alpha value is -1.96. The van der Waals surface area contributed by atoms with E-state index in [1.807, 2.05) is 0 Å². The fourth-order valence-corrected chi connectivity index (χ4v) is 1.87. The van der Waals surface area contributed by atoms with Gasteiger partial charge in [0.15, 0.2) is 0 Å². The van der Waals surface area contributed by atoms with E-state index in [0.717, 1.165) is 19.2 Å². The second-order valence-electron chi connectivity index (χ2n) is 3.60. The van der Waals surface area contributed by atoms with E-state index >= 15 is 0 Å². The second kappa shape index (κ2) is 6.99. The van der Waals surface area contributed by atoms with Crippen molar-refractivity contribution in [2.24, 2.45) is 0 Å². The van der Waals surface area contributed by atoms with Gasteiger partial charge in [0.1, 0.15) is 5.75 Å². The number of halogens is 3. The summed E-state index contributed by atoms with van der Waals surface area (Å²) in [6.45, 7) is -3.14. The van der Waals surface area contributed by atoms with Crippen LogP contribution in [0.4, 0.5) is 14.5 Å². The number of esters is 1. The van der Waals surface area contributed by atoms with Gasteiger partial charge in [-0.3, -0.25) is 14.9 Å². The summed E-state index contributed by atoms with van der Waals surface area (Å²) in [6, 6.07) is 1.94. The third-order valence-corrected chi connectivity index (χ3v) is 2.68. The molecule has 0 N–H and O–H groups in total. The topological polar surface area (TPSA) is 78.7 Å². The van der Waals surface area contributed by atoms with Gasteiger partial charge in [0.05, 0.1) is 30.4 Å². The Kier molecular flexibility index (Phi) is 5.63. The Morgan fingerprint density at radius 3 is 2.60 bits per heavy atom. The largest absolute Gasteiger partial charge is 0.469 e. The monoisotopic (exact) mass is 309 g/mol. The third kappa shape index (κ3) is 4.02. The van der Waals surface area contributed by atoms with Crippen molar-refractivity contribution in [3.8, 4) is 5.75 Å². The van der Waals surface area contributed by atoms with Crippen LogP contribution in [0.5, 0.6) is 5.75 Å². The Morgan fingerprint density at radius 1 is 1.50 bits per heavy atom. The van der Waals surface area contributed by atoms with Crippen molar-refractivity contribution in [3.63, 3.8) is 0 Å². The molecule has 0 atom stereocenters. The van der Waals surface area contributed by atoms with Gasteiger partial charge in [-0.2, -0.15) is 8.78 Å². The maximum atomic E-state index is 12.2. The van der Waals surface area contributed by atoms with Gasteiger partial charge < -0.3 is 9.47 Å². The van der Waals surface area contributed by atoms with Crippen LogP contribution >= 0.6 is 11.6 Å². The molecule has 0 fully saturated rings. The van der Waals surface area contributed by atoms with E-state index < -0.39 is 28.9 Å². The van der Waals surface area contributed by atoms with Crippen molar-refractivity contribution in [3.05, 3.63) is 33.4 Å². The molecular weight excluding hydrogens is 300 g/mol. The zero-order chi connectivity index (χ0) is 15.3. The van der Waals surface area contributed by atoms with Crippen LogP contribution in [-0.2, 0) is 21.8 Å². The fraction of sp³-hybridized carbons (Fsp3) is 0.364. The molecule has 0 aliphatic rings. The average Bonchev–Trinajstić information content (AvgIpc) is 2.37. The van der Waals surface area contributed by atoms with Crippen LogP contribution in [0.1, 0.15) is 11.1 Å². The number of hydrogen-bond acceptors (Lipinski definition) is 5. The fourth-order valence-electron chi connectivity index (χ4n) is 1.56. The first kappa shape index (κ1) is 16.1. The number of nitrogens with zero attached hydrogens (tertiary/aromatic N) is 1. The van der Waals surface area contributed by atoms with Crippen LogP contribution < -0.4 is 4.74 Å². The van der Waals surface area contributed by atoms with Gasteiger partial charge in [0, 0.05) is 5.56 Å². The van der Waals surface area contributed by atoms with Crippen molar-refractivity contribution in [1.29, 1.82) is 0 Å². The van der Waals surface area contributed by atoms with Crippen LogP contribution in [0.25, 0.3) is 0 Å². The summed E-state index contributed by atoms with van der Waals surface area (Å²) < 4.78 is 32.9. The molecule has 0 saturated heterocycles. The molecule has 1 aromatic carbocycles. The molecule has 1 aromatic rings. The highest BCUT2D eigenvalue weighted by molar-refractivity contribution is 6.17. The number of carbonyl (C=O) groups excluding carboxylic acids is 1. The molecular formula is C11H10ClF2NO5. The summed E-state index contributed by atoms with van der Waals surface area (Å²) in [5.41, 5.74) is -0.322. The minimum absolute atomic E-state index is 0.0590. The van der Waals surface area contributed by atoms with Gasteiger partial charge in [0.2, 0.25) is 0 Å². The maximum absolute atomic E-state index is 12.2. The Morgan fingerprint density at radius 2 is 2.15 bits per heavy atom. The number of rotatable bonds is 6. The zero-order valence-corrected chi connectivity index (χ0v) is 11.0. The molecule has 6 nitrogen and oxygen atoms in total. The summed E-state index contributed by atoms with van der Waals surface area (Å²) in [6.07, 6.45) is -0.334. The molecule has 1 rings (SSSR count). The predicted octanol–water partition coefficient (Wildman–Crippen LogP) is 2.65. The summed E-state index contributed by atoms with van der Waals surface area (Å²) in [5, 5.41) is 10.9.